The molecule has 0 aliphatic carbocycles. The van der Waals surface area contributed by atoms with Gasteiger partial charge in [0.2, 0.25) is 0 Å². The van der Waals surface area contributed by atoms with Gasteiger partial charge >= 0.3 is 5.97 Å². The van der Waals surface area contributed by atoms with Crippen LogP contribution in [-0.2, 0) is 11.2 Å². The highest BCUT2D eigenvalue weighted by Gasteiger charge is 2.13. The van der Waals surface area contributed by atoms with Crippen molar-refractivity contribution in [2.75, 3.05) is 0 Å². The maximum absolute atomic E-state index is 13.5. The summed E-state index contributed by atoms with van der Waals surface area (Å²) in [7, 11) is 0. The van der Waals surface area contributed by atoms with Gasteiger partial charge in [0.25, 0.3) is 0 Å². The van der Waals surface area contributed by atoms with Gasteiger partial charge in [0, 0.05) is 40.9 Å². The van der Waals surface area contributed by atoms with Crippen LogP contribution in [0.3, 0.4) is 0 Å². The van der Waals surface area contributed by atoms with E-state index in [2.05, 4.69) is 11.1 Å². The summed E-state index contributed by atoms with van der Waals surface area (Å²) in [6.45, 7) is 0. The lowest BCUT2D eigenvalue weighted by Crippen LogP contribution is -1.96. The molecule has 0 amide bonds. The van der Waals surface area contributed by atoms with Crippen molar-refractivity contribution < 1.29 is 14.3 Å². The molecule has 146 valence electrons. The number of nitrogens with zero attached hydrogens (tertiary/aromatic N) is 2. The van der Waals surface area contributed by atoms with Crippen molar-refractivity contribution in [1.82, 2.24) is 8.96 Å². The van der Waals surface area contributed by atoms with Gasteiger partial charge in [-0.2, -0.15) is 0 Å². The average Bonchev–Trinajstić information content (AvgIpc) is 3.06. The highest BCUT2D eigenvalue weighted by molar-refractivity contribution is 7.98. The molecule has 0 atom stereocenters. The van der Waals surface area contributed by atoms with Gasteiger partial charge in [-0.25, -0.2) is 4.39 Å². The Morgan fingerprint density at radius 2 is 2.03 bits per heavy atom. The number of hydrogen-bond donors (Lipinski definition) is 1. The van der Waals surface area contributed by atoms with Crippen LogP contribution < -0.4 is 0 Å². The van der Waals surface area contributed by atoms with Crippen molar-refractivity contribution >= 4 is 40.4 Å². The maximum Gasteiger partial charge on any atom is 0.303 e. The standard InChI is InChI=1S/C22H16ClFN2O2S/c23-19-11-17(5-6-20(19)24)29-26-13-16(4-8-22(27)28)18-10-14(3-7-21(18)26)15-2-1-9-25-12-15/h1-3,5-7,9-13H,4,8H2,(H,27,28). The highest BCUT2D eigenvalue weighted by Crippen LogP contribution is 2.34. The topological polar surface area (TPSA) is 55.1 Å². The first-order valence-electron chi connectivity index (χ1n) is 8.91. The maximum atomic E-state index is 13.5. The quantitative estimate of drug-likeness (QED) is 0.406. The summed E-state index contributed by atoms with van der Waals surface area (Å²) >= 11 is 7.31. The zero-order valence-corrected chi connectivity index (χ0v) is 16.8. The van der Waals surface area contributed by atoms with Crippen LogP contribution in [0.25, 0.3) is 22.0 Å². The Bertz CT molecular complexity index is 1190. The van der Waals surface area contributed by atoms with Crippen LogP contribution >= 0.6 is 23.5 Å². The summed E-state index contributed by atoms with van der Waals surface area (Å²) in [6.07, 6.45) is 5.91. The van der Waals surface area contributed by atoms with Crippen molar-refractivity contribution in [3.63, 3.8) is 0 Å². The van der Waals surface area contributed by atoms with Crippen molar-refractivity contribution in [2.45, 2.75) is 17.7 Å². The van der Waals surface area contributed by atoms with Crippen LogP contribution in [0.4, 0.5) is 4.39 Å². The molecule has 2 heterocycles. The molecule has 0 bridgehead atoms. The number of aryl methyl sites for hydroxylation is 1. The van der Waals surface area contributed by atoms with E-state index in [1.54, 1.807) is 24.5 Å². The molecule has 0 radical (unpaired) electrons. The number of hydrogen-bond acceptors (Lipinski definition) is 3. The number of carbonyl (C=O) groups is 1. The SMILES string of the molecule is O=C(O)CCc1cn(Sc2ccc(F)c(Cl)c2)c2ccc(-c3cccnc3)cc12. The van der Waals surface area contributed by atoms with E-state index in [9.17, 15) is 9.18 Å². The van der Waals surface area contributed by atoms with Gasteiger partial charge in [0.15, 0.2) is 0 Å². The Kier molecular flexibility index (Phi) is 5.56. The van der Waals surface area contributed by atoms with E-state index in [1.807, 2.05) is 34.4 Å². The number of halogens is 2. The summed E-state index contributed by atoms with van der Waals surface area (Å²) in [4.78, 5) is 16.0. The first kappa shape index (κ1) is 19.5. The predicted molar refractivity (Wildman–Crippen MR) is 114 cm³/mol. The minimum Gasteiger partial charge on any atom is -0.481 e. The fourth-order valence-electron chi connectivity index (χ4n) is 3.14. The molecule has 2 aromatic carbocycles. The lowest BCUT2D eigenvalue weighted by molar-refractivity contribution is -0.136. The number of pyridine rings is 1. The Morgan fingerprint density at radius 3 is 2.76 bits per heavy atom. The number of carboxylic acid groups (broad SMARTS) is 1. The summed E-state index contributed by atoms with van der Waals surface area (Å²) < 4.78 is 15.4. The number of carboxylic acids is 1. The molecule has 0 saturated carbocycles. The van der Waals surface area contributed by atoms with E-state index in [0.29, 0.717) is 6.42 Å². The molecule has 0 fully saturated rings. The zero-order chi connectivity index (χ0) is 20.4. The minimum absolute atomic E-state index is 0.0449. The van der Waals surface area contributed by atoms with Gasteiger partial charge < -0.3 is 5.11 Å². The third-order valence-corrected chi connectivity index (χ3v) is 5.80. The smallest absolute Gasteiger partial charge is 0.303 e. The predicted octanol–water partition coefficient (Wildman–Crippen LogP) is 6.07. The number of rotatable bonds is 6. The van der Waals surface area contributed by atoms with Crippen LogP contribution in [0.1, 0.15) is 12.0 Å². The van der Waals surface area contributed by atoms with E-state index in [4.69, 9.17) is 16.7 Å². The monoisotopic (exact) mass is 426 g/mol. The Hall–Kier alpha value is -2.83. The van der Waals surface area contributed by atoms with Crippen LogP contribution in [0, 0.1) is 5.82 Å². The lowest BCUT2D eigenvalue weighted by Gasteiger charge is -2.06. The molecular weight excluding hydrogens is 411 g/mol. The van der Waals surface area contributed by atoms with Crippen molar-refractivity contribution in [3.05, 3.63) is 83.5 Å². The number of aromatic nitrogens is 2. The van der Waals surface area contributed by atoms with Crippen LogP contribution in [-0.4, -0.2) is 20.0 Å². The molecule has 7 heteroatoms. The first-order valence-corrected chi connectivity index (χ1v) is 10.1. The molecule has 0 aliphatic heterocycles. The first-order chi connectivity index (χ1) is 14.0. The number of benzene rings is 2. The molecule has 4 rings (SSSR count). The molecular formula is C22H16ClFN2O2S. The van der Waals surface area contributed by atoms with Gasteiger partial charge in [0.05, 0.1) is 10.5 Å². The normalized spacial score (nSPS) is 11.1. The van der Waals surface area contributed by atoms with Crippen LogP contribution in [0.2, 0.25) is 5.02 Å². The van der Waals surface area contributed by atoms with E-state index in [-0.39, 0.29) is 11.4 Å². The largest absolute Gasteiger partial charge is 0.481 e. The summed E-state index contributed by atoms with van der Waals surface area (Å²) in [5.74, 6) is -1.30. The number of fused-ring (bicyclic) bond motifs is 1. The molecule has 4 nitrogen and oxygen atoms in total. The average molecular weight is 427 g/mol. The van der Waals surface area contributed by atoms with Crippen molar-refractivity contribution in [3.8, 4) is 11.1 Å². The Balaban J connectivity index is 1.77. The Labute approximate surface area is 176 Å². The van der Waals surface area contributed by atoms with Gasteiger partial charge in [0.1, 0.15) is 5.82 Å². The third kappa shape index (κ3) is 4.28. The van der Waals surface area contributed by atoms with E-state index < -0.39 is 11.8 Å². The minimum atomic E-state index is -0.840. The fourth-order valence-corrected chi connectivity index (χ4v) is 4.35. The van der Waals surface area contributed by atoms with E-state index in [0.717, 1.165) is 32.5 Å². The molecule has 0 spiro atoms. The third-order valence-electron chi connectivity index (χ3n) is 4.55. The van der Waals surface area contributed by atoms with Crippen LogP contribution in [0.15, 0.2) is 72.0 Å². The molecule has 0 unspecified atom stereocenters. The summed E-state index contributed by atoms with van der Waals surface area (Å²) in [6, 6.07) is 14.5. The van der Waals surface area contributed by atoms with E-state index in [1.165, 1.54) is 18.0 Å². The molecule has 1 N–H and O–H groups in total. The summed E-state index contributed by atoms with van der Waals surface area (Å²) in [5, 5.41) is 10.2. The van der Waals surface area contributed by atoms with Crippen molar-refractivity contribution in [1.29, 1.82) is 0 Å². The lowest BCUT2D eigenvalue weighted by atomic mass is 10.0. The van der Waals surface area contributed by atoms with Gasteiger partial charge in [-0.05, 0) is 65.9 Å². The molecule has 2 aromatic heterocycles. The number of aliphatic carboxylic acids is 1. The van der Waals surface area contributed by atoms with Gasteiger partial charge in [-0.3, -0.25) is 13.8 Å². The van der Waals surface area contributed by atoms with Crippen LogP contribution in [0.5, 0.6) is 0 Å². The molecule has 4 aromatic rings. The second kappa shape index (κ2) is 8.27. The molecule has 29 heavy (non-hydrogen) atoms. The second-order valence-corrected chi connectivity index (χ2v) is 7.97. The molecule has 0 saturated heterocycles. The fraction of sp³-hybridized carbons (Fsp3) is 0.0909. The summed E-state index contributed by atoms with van der Waals surface area (Å²) in [5.41, 5.74) is 3.89. The Morgan fingerprint density at radius 1 is 1.17 bits per heavy atom. The van der Waals surface area contributed by atoms with Gasteiger partial charge in [-0.15, -0.1) is 0 Å². The molecule has 0 aliphatic rings. The zero-order valence-electron chi connectivity index (χ0n) is 15.2. The second-order valence-electron chi connectivity index (χ2n) is 6.51. The van der Waals surface area contributed by atoms with E-state index >= 15 is 0 Å². The van der Waals surface area contributed by atoms with Crippen molar-refractivity contribution in [2.24, 2.45) is 0 Å². The van der Waals surface area contributed by atoms with Gasteiger partial charge in [-0.1, -0.05) is 23.7 Å². The highest BCUT2D eigenvalue weighted by atomic mass is 35.5.